The van der Waals surface area contributed by atoms with Crippen LogP contribution in [0.3, 0.4) is 0 Å². The van der Waals surface area contributed by atoms with Crippen molar-refractivity contribution >= 4 is 11.9 Å². The summed E-state index contributed by atoms with van der Waals surface area (Å²) in [7, 11) is 0. The lowest BCUT2D eigenvalue weighted by atomic mass is 9.71. The predicted octanol–water partition coefficient (Wildman–Crippen LogP) is 4.14. The van der Waals surface area contributed by atoms with Crippen LogP contribution in [-0.2, 0) is 22.9 Å². The number of hydrogen-bond acceptors (Lipinski definition) is 2. The summed E-state index contributed by atoms with van der Waals surface area (Å²) >= 11 is 0. The maximum absolute atomic E-state index is 13.0. The minimum absolute atomic E-state index is 0.0365. The molecule has 2 aromatic carbocycles. The first-order valence-corrected chi connectivity index (χ1v) is 8.51. The topological polar surface area (TPSA) is 66.4 Å². The molecule has 0 bridgehead atoms. The number of carbonyl (C=O) groups excluding carboxylic acids is 1. The van der Waals surface area contributed by atoms with Gasteiger partial charge in [-0.1, -0.05) is 30.3 Å². The third-order valence-electron chi connectivity index (χ3n) is 4.93. The summed E-state index contributed by atoms with van der Waals surface area (Å²) in [6, 6.07) is 11.2. The van der Waals surface area contributed by atoms with E-state index in [-0.39, 0.29) is 12.0 Å². The Morgan fingerprint density at radius 3 is 2.37 bits per heavy atom. The summed E-state index contributed by atoms with van der Waals surface area (Å²) in [5.41, 5.74) is -0.771. The van der Waals surface area contributed by atoms with Crippen molar-refractivity contribution in [3.63, 3.8) is 0 Å². The monoisotopic (exact) mass is 377 g/mol. The van der Waals surface area contributed by atoms with Crippen LogP contribution in [0, 0.1) is 0 Å². The van der Waals surface area contributed by atoms with Gasteiger partial charge in [-0.15, -0.1) is 0 Å². The molecule has 0 aromatic heterocycles. The Kier molecular flexibility index (Phi) is 4.95. The van der Waals surface area contributed by atoms with Gasteiger partial charge in [-0.3, -0.25) is 4.79 Å². The fourth-order valence-corrected chi connectivity index (χ4v) is 3.38. The van der Waals surface area contributed by atoms with Crippen LogP contribution in [0.2, 0.25) is 0 Å². The van der Waals surface area contributed by atoms with E-state index in [1.807, 2.05) is 0 Å². The van der Waals surface area contributed by atoms with Crippen molar-refractivity contribution in [2.45, 2.75) is 37.4 Å². The molecule has 0 spiro atoms. The molecule has 2 aromatic rings. The lowest BCUT2D eigenvalue weighted by Crippen LogP contribution is -2.51. The normalized spacial score (nSPS) is 15.7. The van der Waals surface area contributed by atoms with Crippen LogP contribution in [0.4, 0.5) is 13.2 Å². The quantitative estimate of drug-likeness (QED) is 0.823. The molecule has 7 heteroatoms. The van der Waals surface area contributed by atoms with E-state index < -0.39 is 29.2 Å². The van der Waals surface area contributed by atoms with E-state index >= 15 is 0 Å². The smallest absolute Gasteiger partial charge is 0.416 e. The summed E-state index contributed by atoms with van der Waals surface area (Å²) in [5.74, 6) is -1.55. The maximum atomic E-state index is 13.0. The molecular formula is C20H18F3NO3. The van der Waals surface area contributed by atoms with Gasteiger partial charge in [0.2, 0.25) is 5.91 Å². The van der Waals surface area contributed by atoms with E-state index in [1.165, 1.54) is 12.1 Å². The van der Waals surface area contributed by atoms with Crippen molar-refractivity contribution in [1.82, 2.24) is 5.32 Å². The summed E-state index contributed by atoms with van der Waals surface area (Å²) in [4.78, 5) is 23.8. The second-order valence-electron chi connectivity index (χ2n) is 6.70. The van der Waals surface area contributed by atoms with E-state index in [0.29, 0.717) is 24.0 Å². The highest BCUT2D eigenvalue weighted by atomic mass is 19.4. The van der Waals surface area contributed by atoms with E-state index in [4.69, 9.17) is 0 Å². The first-order valence-electron chi connectivity index (χ1n) is 8.51. The average Bonchev–Trinajstić information content (AvgIpc) is 2.58. The van der Waals surface area contributed by atoms with Gasteiger partial charge in [0, 0.05) is 0 Å². The number of carboxylic acid groups (broad SMARTS) is 1. The fourth-order valence-electron chi connectivity index (χ4n) is 3.38. The van der Waals surface area contributed by atoms with Crippen molar-refractivity contribution < 1.29 is 27.9 Å². The molecule has 1 saturated carbocycles. The Labute approximate surface area is 154 Å². The van der Waals surface area contributed by atoms with Crippen molar-refractivity contribution in [2.75, 3.05) is 0 Å². The first kappa shape index (κ1) is 18.9. The lowest BCUT2D eigenvalue weighted by Gasteiger charge is -2.43. The Morgan fingerprint density at radius 1 is 1.07 bits per heavy atom. The number of hydrogen-bond donors (Lipinski definition) is 2. The Balaban J connectivity index is 1.81. The van der Waals surface area contributed by atoms with Gasteiger partial charge in [0.1, 0.15) is 0 Å². The highest BCUT2D eigenvalue weighted by molar-refractivity contribution is 5.91. The van der Waals surface area contributed by atoms with Crippen LogP contribution in [-0.4, -0.2) is 17.0 Å². The molecule has 2 N–H and O–H groups in total. The van der Waals surface area contributed by atoms with Gasteiger partial charge >= 0.3 is 12.1 Å². The molecule has 0 heterocycles. The molecule has 1 fully saturated rings. The zero-order valence-electron chi connectivity index (χ0n) is 14.3. The van der Waals surface area contributed by atoms with Crippen LogP contribution in [0.1, 0.15) is 46.3 Å². The minimum atomic E-state index is -4.45. The third kappa shape index (κ3) is 3.97. The third-order valence-corrected chi connectivity index (χ3v) is 4.93. The van der Waals surface area contributed by atoms with Crippen molar-refractivity contribution in [1.29, 1.82) is 0 Å². The number of halogens is 3. The van der Waals surface area contributed by atoms with Crippen molar-refractivity contribution in [3.8, 4) is 0 Å². The van der Waals surface area contributed by atoms with E-state index in [0.717, 1.165) is 18.6 Å². The number of rotatable bonds is 5. The van der Waals surface area contributed by atoms with Gasteiger partial charge in [0.25, 0.3) is 0 Å². The van der Waals surface area contributed by atoms with Crippen molar-refractivity contribution in [3.05, 3.63) is 70.8 Å². The molecule has 4 nitrogen and oxygen atoms in total. The number of amides is 1. The summed E-state index contributed by atoms with van der Waals surface area (Å²) in [6.45, 7) is 0. The molecule has 142 valence electrons. The highest BCUT2D eigenvalue weighted by Crippen LogP contribution is 2.43. The first-order chi connectivity index (χ1) is 12.7. The van der Waals surface area contributed by atoms with Crippen molar-refractivity contribution in [2.24, 2.45) is 0 Å². The summed E-state index contributed by atoms with van der Waals surface area (Å²) < 4.78 is 39.0. The van der Waals surface area contributed by atoms with Gasteiger partial charge in [-0.25, -0.2) is 4.79 Å². The molecule has 1 amide bonds. The SMILES string of the molecule is O=C(Cc1ccccc1C(=O)O)NC1(c2cccc(C(F)(F)F)c2)CCC1. The van der Waals surface area contributed by atoms with Crippen LogP contribution >= 0.6 is 0 Å². The van der Waals surface area contributed by atoms with Gasteiger partial charge < -0.3 is 10.4 Å². The Bertz CT molecular complexity index is 873. The zero-order chi connectivity index (χ0) is 19.7. The van der Waals surface area contributed by atoms with Crippen LogP contribution < -0.4 is 5.32 Å². The molecule has 1 aliphatic carbocycles. The number of carboxylic acids is 1. The molecule has 27 heavy (non-hydrogen) atoms. The van der Waals surface area contributed by atoms with Gasteiger partial charge in [-0.05, 0) is 48.6 Å². The second-order valence-corrected chi connectivity index (χ2v) is 6.70. The molecule has 0 atom stereocenters. The Morgan fingerprint density at radius 2 is 1.78 bits per heavy atom. The Hall–Kier alpha value is -2.83. The van der Waals surface area contributed by atoms with Gasteiger partial charge in [-0.2, -0.15) is 13.2 Å². The fraction of sp³-hybridized carbons (Fsp3) is 0.300. The molecule has 3 rings (SSSR count). The van der Waals surface area contributed by atoms with E-state index in [1.54, 1.807) is 24.3 Å². The van der Waals surface area contributed by atoms with Gasteiger partial charge in [0.15, 0.2) is 0 Å². The highest BCUT2D eigenvalue weighted by Gasteiger charge is 2.41. The van der Waals surface area contributed by atoms with E-state index in [9.17, 15) is 27.9 Å². The number of benzene rings is 2. The van der Waals surface area contributed by atoms with Crippen LogP contribution in [0.5, 0.6) is 0 Å². The number of carbonyl (C=O) groups is 2. The summed E-state index contributed by atoms with van der Waals surface area (Å²) in [5, 5.41) is 12.1. The number of aromatic carboxylic acids is 1. The van der Waals surface area contributed by atoms with Crippen LogP contribution in [0.25, 0.3) is 0 Å². The molecule has 0 aliphatic heterocycles. The minimum Gasteiger partial charge on any atom is -0.478 e. The number of nitrogens with one attached hydrogen (secondary N) is 1. The second kappa shape index (κ2) is 7.06. The standard InChI is InChI=1S/C20H18F3NO3/c21-20(22,23)15-7-3-6-14(12-15)19(9-4-10-19)24-17(25)11-13-5-1-2-8-16(13)18(26)27/h1-3,5-8,12H,4,9-11H2,(H,24,25)(H,26,27). The zero-order valence-corrected chi connectivity index (χ0v) is 14.3. The largest absolute Gasteiger partial charge is 0.478 e. The maximum Gasteiger partial charge on any atom is 0.416 e. The average molecular weight is 377 g/mol. The molecule has 0 radical (unpaired) electrons. The predicted molar refractivity (Wildman–Crippen MR) is 92.2 cm³/mol. The van der Waals surface area contributed by atoms with Gasteiger partial charge in [0.05, 0.1) is 23.1 Å². The van der Waals surface area contributed by atoms with Crippen LogP contribution in [0.15, 0.2) is 48.5 Å². The number of alkyl halides is 3. The molecule has 1 aliphatic rings. The lowest BCUT2D eigenvalue weighted by molar-refractivity contribution is -0.137. The molecule has 0 saturated heterocycles. The van der Waals surface area contributed by atoms with E-state index in [2.05, 4.69) is 5.32 Å². The summed E-state index contributed by atoms with van der Waals surface area (Å²) in [6.07, 6.45) is -2.72. The molecule has 0 unspecified atom stereocenters. The molecular weight excluding hydrogens is 359 g/mol.